The first-order chi connectivity index (χ1) is 26.1. The lowest BCUT2D eigenvalue weighted by Gasteiger charge is -2.27. The number of fused-ring (bicyclic) bond motifs is 1. The molecule has 26 heteroatoms. The lowest BCUT2D eigenvalue weighted by molar-refractivity contribution is 0.0193. The number of anilines is 2. The fourth-order valence-electron chi connectivity index (χ4n) is 3.51. The first-order valence-corrected chi connectivity index (χ1v) is 19.2. The van der Waals surface area contributed by atoms with Gasteiger partial charge in [0.2, 0.25) is 0 Å². The summed E-state index contributed by atoms with van der Waals surface area (Å²) in [7, 11) is 6.54. The Morgan fingerprint density at radius 1 is 0.679 bits per heavy atom. The number of amides is 5. The lowest BCUT2D eigenvalue weighted by Crippen LogP contribution is -2.45. The molecule has 3 aromatic carbocycles. The molecule has 0 atom stereocenters. The van der Waals surface area contributed by atoms with Gasteiger partial charge in [-0.05, 0) is 84.2 Å². The maximum Gasteiger partial charge on any atom is 0.428 e. The van der Waals surface area contributed by atoms with Gasteiger partial charge in [-0.15, -0.1) is 0 Å². The van der Waals surface area contributed by atoms with Gasteiger partial charge in [0, 0.05) is 40.9 Å². The van der Waals surface area contributed by atoms with E-state index in [2.05, 4.69) is 130 Å². The number of rotatable bonds is 2. The minimum atomic E-state index is -0.772. The zero-order valence-corrected chi connectivity index (χ0v) is 38.9. The molecule has 0 saturated heterocycles. The van der Waals surface area contributed by atoms with Crippen LogP contribution in [0.3, 0.4) is 0 Å². The van der Waals surface area contributed by atoms with Crippen LogP contribution in [-0.4, -0.2) is 80.5 Å². The van der Waals surface area contributed by atoms with E-state index in [1.807, 2.05) is 5.43 Å². The van der Waals surface area contributed by atoms with E-state index in [-0.39, 0.29) is 16.8 Å². The number of H-pyrrole nitrogens is 1. The molecule has 4 rings (SSSR count). The normalized spacial score (nSPS) is 9.71. The number of benzene rings is 3. The average Bonchev–Trinajstić information content (AvgIpc) is 3.16. The van der Waals surface area contributed by atoms with Gasteiger partial charge >= 0.3 is 29.7 Å². The maximum absolute atomic E-state index is 12.3. The average molecular weight is 1170 g/mol. The quantitative estimate of drug-likeness (QED) is 0.0429. The summed E-state index contributed by atoms with van der Waals surface area (Å²) in [4.78, 5) is 80.4. The van der Waals surface area contributed by atoms with Gasteiger partial charge in [0.1, 0.15) is 0 Å². The highest BCUT2D eigenvalue weighted by atomic mass is 79.9. The van der Waals surface area contributed by atoms with E-state index >= 15 is 0 Å². The van der Waals surface area contributed by atoms with Gasteiger partial charge in [0.15, 0.2) is 0 Å². The van der Waals surface area contributed by atoms with Crippen LogP contribution in [-0.2, 0) is 14.2 Å². The van der Waals surface area contributed by atoms with E-state index in [0.717, 1.165) is 14.5 Å². The molecule has 0 unspecified atom stereocenters. The van der Waals surface area contributed by atoms with Gasteiger partial charge < -0.3 is 30.1 Å². The van der Waals surface area contributed by atoms with Crippen LogP contribution in [0.4, 0.5) is 25.8 Å². The highest BCUT2D eigenvalue weighted by Crippen LogP contribution is 2.30. The number of ether oxygens (including phenoxy) is 3. The molecule has 0 fully saturated rings. The molecule has 0 saturated carbocycles. The SMILES string of the molecule is COC(=O)N(C)N(C)C(=O)c1cc(Br)cc(Br)c1N.COC(=O)NN.COC(=O)NNC(=O)c1cc(Br)cc(Br)c1N.O=c1[nH]c2c(Br)cc(Br)cc2c(=O)o1. The molecule has 0 radical (unpaired) electrons. The Hall–Kier alpha value is -4.21. The molecular formula is C30H31Br6N9O11. The summed E-state index contributed by atoms with van der Waals surface area (Å²) in [6.45, 7) is 0. The Labute approximate surface area is 367 Å². The van der Waals surface area contributed by atoms with Crippen LogP contribution in [0.2, 0.25) is 0 Å². The van der Waals surface area contributed by atoms with Crippen LogP contribution in [0.15, 0.2) is 77.2 Å². The van der Waals surface area contributed by atoms with Crippen molar-refractivity contribution in [1.82, 2.24) is 31.3 Å². The van der Waals surface area contributed by atoms with Crippen molar-refractivity contribution in [2.75, 3.05) is 46.9 Å². The third-order valence-corrected chi connectivity index (χ3v) is 9.61. The van der Waals surface area contributed by atoms with E-state index in [9.17, 15) is 33.6 Å². The molecule has 0 aliphatic heterocycles. The summed E-state index contributed by atoms with van der Waals surface area (Å²) >= 11 is 19.5. The standard InChI is InChI=1S/C11H13Br2N3O3.C9H9Br2N3O3.C8H3Br2NO3.C2H6N2O2/c1-15(16(2)11(18)19-3)10(17)7-4-6(12)5-8(13)9(7)14;1-17-9(16)14-13-8(15)5-2-4(10)3-6(11)7(5)12;9-3-1-4-6(5(10)2-3)11-8(13)14-7(4)12;1-6-2(5)4-3/h4-5H,14H2,1-3H3;2-3H,12H2,1H3,(H,13,15)(H,14,16);1-2H,(H,11,13);3H2,1H3,(H,4,5). The zero-order valence-electron chi connectivity index (χ0n) is 29.3. The van der Waals surface area contributed by atoms with Crippen molar-refractivity contribution in [1.29, 1.82) is 0 Å². The molecular weight excluding hydrogens is 1140 g/mol. The molecule has 0 spiro atoms. The van der Waals surface area contributed by atoms with Crippen LogP contribution in [0.25, 0.3) is 10.9 Å². The number of carbonyl (C=O) groups excluding carboxylic acids is 5. The molecule has 1 heterocycles. The zero-order chi connectivity index (χ0) is 43.0. The number of aromatic amines is 1. The molecule has 304 valence electrons. The molecule has 1 aromatic heterocycles. The summed E-state index contributed by atoms with van der Waals surface area (Å²) in [6, 6.07) is 9.88. The van der Waals surface area contributed by atoms with E-state index < -0.39 is 41.5 Å². The monoisotopic (exact) mass is 1170 g/mol. The van der Waals surface area contributed by atoms with Crippen molar-refractivity contribution in [3.63, 3.8) is 0 Å². The number of carbonyl (C=O) groups is 5. The highest BCUT2D eigenvalue weighted by Gasteiger charge is 2.23. The molecule has 5 amide bonds. The van der Waals surface area contributed by atoms with Crippen LogP contribution < -0.4 is 45.0 Å². The van der Waals surface area contributed by atoms with E-state index in [1.54, 1.807) is 35.8 Å². The number of nitrogen functional groups attached to an aromatic ring is 2. The van der Waals surface area contributed by atoms with Crippen molar-refractivity contribution >= 4 is 148 Å². The number of nitrogens with one attached hydrogen (secondary N) is 4. The summed E-state index contributed by atoms with van der Waals surface area (Å²) in [6.07, 6.45) is -2.05. The second kappa shape index (κ2) is 23.8. The molecule has 4 aromatic rings. The fraction of sp³-hybridized carbons (Fsp3) is 0.167. The molecule has 0 aliphatic rings. The number of nitrogens with two attached hydrogens (primary N) is 3. The predicted molar refractivity (Wildman–Crippen MR) is 226 cm³/mol. The van der Waals surface area contributed by atoms with Gasteiger partial charge in [-0.3, -0.25) is 25.4 Å². The minimum absolute atomic E-state index is 0.225. The van der Waals surface area contributed by atoms with Gasteiger partial charge in [-0.2, -0.15) is 0 Å². The minimum Gasteiger partial charge on any atom is -0.452 e. The summed E-state index contributed by atoms with van der Waals surface area (Å²) in [5.74, 6) is 2.83. The van der Waals surface area contributed by atoms with Crippen molar-refractivity contribution in [2.24, 2.45) is 5.84 Å². The van der Waals surface area contributed by atoms with Crippen molar-refractivity contribution in [3.05, 3.63) is 95.3 Å². The van der Waals surface area contributed by atoms with Crippen LogP contribution in [0, 0.1) is 0 Å². The first-order valence-electron chi connectivity index (χ1n) is 14.4. The van der Waals surface area contributed by atoms with Crippen LogP contribution >= 0.6 is 95.6 Å². The number of aromatic nitrogens is 1. The second-order valence-electron chi connectivity index (χ2n) is 9.84. The Morgan fingerprint density at radius 2 is 1.16 bits per heavy atom. The third kappa shape index (κ3) is 15.0. The second-order valence-corrected chi connectivity index (χ2v) is 15.1. The molecule has 0 bridgehead atoms. The van der Waals surface area contributed by atoms with Gasteiger partial charge in [0.05, 0.1) is 54.7 Å². The van der Waals surface area contributed by atoms with E-state index in [4.69, 9.17) is 11.5 Å². The number of hydrogen-bond donors (Lipinski definition) is 7. The number of nitrogens with zero attached hydrogens (tertiary/aromatic N) is 2. The van der Waals surface area contributed by atoms with Crippen LogP contribution in [0.1, 0.15) is 20.7 Å². The molecule has 20 nitrogen and oxygen atoms in total. The number of halogens is 6. The maximum atomic E-state index is 12.3. The molecule has 0 aliphatic carbocycles. The van der Waals surface area contributed by atoms with Gasteiger partial charge in [0.25, 0.3) is 11.8 Å². The topological polar surface area (TPSA) is 297 Å². The molecule has 56 heavy (non-hydrogen) atoms. The summed E-state index contributed by atoms with van der Waals surface area (Å²) in [5, 5.41) is 2.50. The van der Waals surface area contributed by atoms with Crippen molar-refractivity contribution < 1.29 is 42.6 Å². The van der Waals surface area contributed by atoms with Gasteiger partial charge in [-0.1, -0.05) is 47.8 Å². The van der Waals surface area contributed by atoms with E-state index in [0.29, 0.717) is 39.0 Å². The van der Waals surface area contributed by atoms with Crippen molar-refractivity contribution in [3.8, 4) is 0 Å². The number of hydrazine groups is 3. The summed E-state index contributed by atoms with van der Waals surface area (Å²) < 4.78 is 21.2. The number of methoxy groups -OCH3 is 3. The Morgan fingerprint density at radius 3 is 1.64 bits per heavy atom. The largest absolute Gasteiger partial charge is 0.452 e. The Balaban J connectivity index is 0.000000394. The molecule has 10 N–H and O–H groups in total. The summed E-state index contributed by atoms with van der Waals surface area (Å²) in [5.41, 5.74) is 18.4. The smallest absolute Gasteiger partial charge is 0.428 e. The number of hydrogen-bond acceptors (Lipinski definition) is 14. The highest BCUT2D eigenvalue weighted by molar-refractivity contribution is 9.11. The van der Waals surface area contributed by atoms with Gasteiger partial charge in [-0.25, -0.2) is 45.3 Å². The first kappa shape index (κ1) is 49.8. The van der Waals surface area contributed by atoms with E-state index in [1.165, 1.54) is 41.5 Å². The predicted octanol–water partition coefficient (Wildman–Crippen LogP) is 5.50. The lowest BCUT2D eigenvalue weighted by atomic mass is 10.1. The Bertz CT molecular complexity index is 2200. The fourth-order valence-corrected chi connectivity index (χ4v) is 7.29. The van der Waals surface area contributed by atoms with Crippen LogP contribution in [0.5, 0.6) is 0 Å². The Kier molecular flexibility index (Phi) is 21.1. The third-order valence-electron chi connectivity index (χ3n) is 6.30. The van der Waals surface area contributed by atoms with Crippen molar-refractivity contribution in [2.45, 2.75) is 0 Å².